The fourth-order valence-electron chi connectivity index (χ4n) is 2.96. The van der Waals surface area contributed by atoms with E-state index in [-0.39, 0.29) is 0 Å². The molecule has 0 bridgehead atoms. The Hall–Kier alpha value is -2.75. The first-order valence-electron chi connectivity index (χ1n) is 7.89. The van der Waals surface area contributed by atoms with E-state index in [0.29, 0.717) is 0 Å². The molecule has 0 saturated heterocycles. The molecule has 4 heteroatoms. The summed E-state index contributed by atoms with van der Waals surface area (Å²) in [6.45, 7) is 6.21. The first-order chi connectivity index (χ1) is 11.5. The average Bonchev–Trinajstić information content (AvgIpc) is 2.56. The van der Waals surface area contributed by atoms with E-state index in [2.05, 4.69) is 37.4 Å². The molecule has 1 N–H and O–H groups in total. The molecule has 1 heterocycles. The van der Waals surface area contributed by atoms with Gasteiger partial charge in [0.25, 0.3) is 0 Å². The molecule has 124 valence electrons. The highest BCUT2D eigenvalue weighted by molar-refractivity contribution is 5.96. The van der Waals surface area contributed by atoms with Crippen molar-refractivity contribution in [1.29, 1.82) is 0 Å². The number of anilines is 2. The molecule has 0 fully saturated rings. The number of fused-ring (bicyclic) bond motifs is 1. The number of hydrogen-bond acceptors (Lipinski definition) is 4. The summed E-state index contributed by atoms with van der Waals surface area (Å²) in [5, 5.41) is 4.60. The number of nitrogens with one attached hydrogen (secondary N) is 1. The SMILES string of the molecule is COc1ccc(Nc2cc(C)nc3c(C)cc(C)cc23)c(OC)c1. The fraction of sp³-hybridized carbons (Fsp3) is 0.250. The van der Waals surface area contributed by atoms with Crippen LogP contribution in [0, 0.1) is 20.8 Å². The van der Waals surface area contributed by atoms with E-state index in [9.17, 15) is 0 Å². The minimum Gasteiger partial charge on any atom is -0.497 e. The summed E-state index contributed by atoms with van der Waals surface area (Å²) >= 11 is 0. The lowest BCUT2D eigenvalue weighted by molar-refractivity contribution is 0.395. The van der Waals surface area contributed by atoms with Crippen molar-refractivity contribution in [2.45, 2.75) is 20.8 Å². The molecule has 0 atom stereocenters. The molecule has 1 aromatic heterocycles. The second-order valence-electron chi connectivity index (χ2n) is 5.98. The van der Waals surface area contributed by atoms with Gasteiger partial charge in [-0.15, -0.1) is 0 Å². The number of aromatic nitrogens is 1. The van der Waals surface area contributed by atoms with Crippen molar-refractivity contribution < 1.29 is 9.47 Å². The van der Waals surface area contributed by atoms with Crippen molar-refractivity contribution in [3.05, 3.63) is 53.2 Å². The van der Waals surface area contributed by atoms with Crippen LogP contribution >= 0.6 is 0 Å². The third-order valence-electron chi connectivity index (χ3n) is 4.05. The second-order valence-corrected chi connectivity index (χ2v) is 5.98. The van der Waals surface area contributed by atoms with Gasteiger partial charge in [0.1, 0.15) is 11.5 Å². The van der Waals surface area contributed by atoms with Gasteiger partial charge in [0, 0.05) is 22.8 Å². The first-order valence-corrected chi connectivity index (χ1v) is 7.89. The molecular weight excluding hydrogens is 300 g/mol. The highest BCUT2D eigenvalue weighted by atomic mass is 16.5. The van der Waals surface area contributed by atoms with Crippen LogP contribution in [-0.2, 0) is 0 Å². The van der Waals surface area contributed by atoms with Gasteiger partial charge in [-0.2, -0.15) is 0 Å². The average molecular weight is 322 g/mol. The van der Waals surface area contributed by atoms with Gasteiger partial charge in [-0.3, -0.25) is 4.98 Å². The maximum atomic E-state index is 5.49. The molecule has 0 saturated carbocycles. The predicted molar refractivity (Wildman–Crippen MR) is 98.8 cm³/mol. The summed E-state index contributed by atoms with van der Waals surface area (Å²) in [4.78, 5) is 4.70. The van der Waals surface area contributed by atoms with Crippen molar-refractivity contribution >= 4 is 22.3 Å². The lowest BCUT2D eigenvalue weighted by Crippen LogP contribution is -1.99. The van der Waals surface area contributed by atoms with E-state index in [1.807, 2.05) is 25.1 Å². The third kappa shape index (κ3) is 3.00. The molecule has 0 aliphatic heterocycles. The summed E-state index contributed by atoms with van der Waals surface area (Å²) in [7, 11) is 3.30. The summed E-state index contributed by atoms with van der Waals surface area (Å²) in [5.74, 6) is 1.50. The van der Waals surface area contributed by atoms with E-state index < -0.39 is 0 Å². The van der Waals surface area contributed by atoms with Gasteiger partial charge in [-0.1, -0.05) is 11.6 Å². The largest absolute Gasteiger partial charge is 0.497 e. The Labute approximate surface area is 142 Å². The van der Waals surface area contributed by atoms with Crippen LogP contribution in [0.1, 0.15) is 16.8 Å². The maximum Gasteiger partial charge on any atom is 0.145 e. The number of methoxy groups -OCH3 is 2. The fourth-order valence-corrected chi connectivity index (χ4v) is 2.96. The standard InChI is InChI=1S/C20H22N2O2/c1-12-8-13(2)20-16(9-12)18(10-14(3)21-20)22-17-7-6-15(23-4)11-19(17)24-5/h6-11H,1-5H3,(H,21,22). The molecule has 3 aromatic rings. The molecule has 0 aliphatic carbocycles. The van der Waals surface area contributed by atoms with Crippen LogP contribution in [0.5, 0.6) is 11.5 Å². The van der Waals surface area contributed by atoms with Crippen LogP contribution < -0.4 is 14.8 Å². The van der Waals surface area contributed by atoms with Crippen molar-refractivity contribution in [3.63, 3.8) is 0 Å². The van der Waals surface area contributed by atoms with Gasteiger partial charge >= 0.3 is 0 Å². The van der Waals surface area contributed by atoms with E-state index in [0.717, 1.165) is 39.5 Å². The minimum atomic E-state index is 0.737. The van der Waals surface area contributed by atoms with Crippen LogP contribution in [0.4, 0.5) is 11.4 Å². The smallest absolute Gasteiger partial charge is 0.145 e. The Morgan fingerprint density at radius 2 is 1.67 bits per heavy atom. The normalized spacial score (nSPS) is 10.7. The third-order valence-corrected chi connectivity index (χ3v) is 4.05. The van der Waals surface area contributed by atoms with Crippen LogP contribution in [0.25, 0.3) is 10.9 Å². The van der Waals surface area contributed by atoms with Crippen molar-refractivity contribution in [2.75, 3.05) is 19.5 Å². The molecule has 4 nitrogen and oxygen atoms in total. The summed E-state index contributed by atoms with van der Waals surface area (Å²) in [5.41, 5.74) is 6.31. The van der Waals surface area contributed by atoms with Crippen LogP contribution in [0.2, 0.25) is 0 Å². The summed E-state index contributed by atoms with van der Waals surface area (Å²) in [6.07, 6.45) is 0. The van der Waals surface area contributed by atoms with Crippen molar-refractivity contribution in [2.24, 2.45) is 0 Å². The monoisotopic (exact) mass is 322 g/mol. The zero-order valence-electron chi connectivity index (χ0n) is 14.7. The van der Waals surface area contributed by atoms with Crippen molar-refractivity contribution in [1.82, 2.24) is 4.98 Å². The molecule has 3 rings (SSSR count). The van der Waals surface area contributed by atoms with Gasteiger partial charge in [-0.05, 0) is 50.6 Å². The topological polar surface area (TPSA) is 43.4 Å². The number of rotatable bonds is 4. The zero-order valence-corrected chi connectivity index (χ0v) is 14.7. The second kappa shape index (κ2) is 6.40. The number of benzene rings is 2. The van der Waals surface area contributed by atoms with E-state index in [4.69, 9.17) is 14.5 Å². The van der Waals surface area contributed by atoms with Crippen LogP contribution in [-0.4, -0.2) is 19.2 Å². The van der Waals surface area contributed by atoms with Crippen LogP contribution in [0.3, 0.4) is 0 Å². The van der Waals surface area contributed by atoms with Gasteiger partial charge in [-0.25, -0.2) is 0 Å². The molecule has 24 heavy (non-hydrogen) atoms. The molecule has 2 aromatic carbocycles. The van der Waals surface area contributed by atoms with Gasteiger partial charge in [0.05, 0.1) is 25.4 Å². The molecule has 0 aliphatic rings. The molecule has 0 amide bonds. The van der Waals surface area contributed by atoms with E-state index >= 15 is 0 Å². The zero-order chi connectivity index (χ0) is 17.3. The Bertz CT molecular complexity index is 904. The predicted octanol–water partition coefficient (Wildman–Crippen LogP) is 4.92. The quantitative estimate of drug-likeness (QED) is 0.740. The Kier molecular flexibility index (Phi) is 4.30. The Morgan fingerprint density at radius 1 is 0.875 bits per heavy atom. The molecule has 0 spiro atoms. The van der Waals surface area contributed by atoms with Gasteiger partial charge in [0.2, 0.25) is 0 Å². The highest BCUT2D eigenvalue weighted by Crippen LogP contribution is 2.35. The molecule has 0 unspecified atom stereocenters. The summed E-state index contributed by atoms with van der Waals surface area (Å²) in [6, 6.07) is 12.1. The van der Waals surface area contributed by atoms with Crippen molar-refractivity contribution in [3.8, 4) is 11.5 Å². The molecular formula is C20H22N2O2. The number of ether oxygens (including phenoxy) is 2. The Balaban J connectivity index is 2.14. The lowest BCUT2D eigenvalue weighted by Gasteiger charge is -2.16. The van der Waals surface area contributed by atoms with Gasteiger partial charge < -0.3 is 14.8 Å². The number of pyridine rings is 1. The molecule has 0 radical (unpaired) electrons. The first kappa shape index (κ1) is 16.1. The van der Waals surface area contributed by atoms with E-state index in [1.165, 1.54) is 11.1 Å². The number of nitrogens with zero attached hydrogens (tertiary/aromatic N) is 1. The van der Waals surface area contributed by atoms with Crippen LogP contribution in [0.15, 0.2) is 36.4 Å². The summed E-state index contributed by atoms with van der Waals surface area (Å²) < 4.78 is 10.8. The van der Waals surface area contributed by atoms with Gasteiger partial charge in [0.15, 0.2) is 0 Å². The number of aryl methyl sites for hydroxylation is 3. The minimum absolute atomic E-state index is 0.737. The number of hydrogen-bond donors (Lipinski definition) is 1. The van der Waals surface area contributed by atoms with E-state index in [1.54, 1.807) is 14.2 Å². The Morgan fingerprint density at radius 3 is 2.38 bits per heavy atom. The maximum absolute atomic E-state index is 5.49. The highest BCUT2D eigenvalue weighted by Gasteiger charge is 2.11. The lowest BCUT2D eigenvalue weighted by atomic mass is 10.0.